The maximum Gasteiger partial charge on any atom is 0.406 e. The van der Waals surface area contributed by atoms with Crippen molar-refractivity contribution in [3.8, 4) is 17.6 Å². The van der Waals surface area contributed by atoms with E-state index in [4.69, 9.17) is 4.74 Å². The lowest BCUT2D eigenvalue weighted by Crippen LogP contribution is -2.58. The summed E-state index contributed by atoms with van der Waals surface area (Å²) in [5.74, 6) is 3.64. The van der Waals surface area contributed by atoms with Crippen LogP contribution in [0.15, 0.2) is 30.6 Å². The summed E-state index contributed by atoms with van der Waals surface area (Å²) in [4.78, 5) is 31.2. The number of carbonyl (C=O) groups is 2. The number of likely N-dealkylation sites (tertiary alicyclic amines) is 1. The van der Waals surface area contributed by atoms with Crippen molar-refractivity contribution in [3.63, 3.8) is 0 Å². The third kappa shape index (κ3) is 7.34. The number of benzene rings is 2. The van der Waals surface area contributed by atoms with E-state index in [1.54, 1.807) is 7.05 Å². The Balaban J connectivity index is 1.64. The summed E-state index contributed by atoms with van der Waals surface area (Å²) in [6, 6.07) is 4.28. The largest absolute Gasteiger partial charge is 0.494 e. The Morgan fingerprint density at radius 2 is 1.93 bits per heavy atom. The lowest BCUT2D eigenvalue weighted by Gasteiger charge is -2.39. The molecule has 0 saturated carbocycles. The minimum Gasteiger partial charge on any atom is -0.494 e. The summed E-state index contributed by atoms with van der Waals surface area (Å²) in [6.07, 6.45) is -3.21. The number of piperidine rings is 1. The van der Waals surface area contributed by atoms with Gasteiger partial charge in [0, 0.05) is 31.8 Å². The Morgan fingerprint density at radius 1 is 1.19 bits per heavy atom. The number of hydrogen-bond acceptors (Lipinski definition) is 6. The number of halogens is 5. The van der Waals surface area contributed by atoms with E-state index in [9.17, 15) is 27.2 Å². The molecule has 3 N–H and O–H groups in total. The van der Waals surface area contributed by atoms with Crippen LogP contribution in [0, 0.1) is 17.7 Å². The van der Waals surface area contributed by atoms with E-state index in [0.29, 0.717) is 13.0 Å². The third-order valence-electron chi connectivity index (χ3n) is 7.09. The fraction of sp³-hybridized carbons (Fsp3) is 0.414. The number of anilines is 1. The zero-order chi connectivity index (χ0) is 31.5. The fourth-order valence-electron chi connectivity index (χ4n) is 5.01. The molecule has 43 heavy (non-hydrogen) atoms. The van der Waals surface area contributed by atoms with Crippen molar-refractivity contribution >= 4 is 28.5 Å². The normalized spacial score (nSPS) is 19.0. The Labute approximate surface area is 244 Å². The molecule has 0 unspecified atom stereocenters. The van der Waals surface area contributed by atoms with Gasteiger partial charge in [0.15, 0.2) is 0 Å². The Morgan fingerprint density at radius 3 is 2.58 bits per heavy atom. The number of nitrogens with zero attached hydrogens (tertiary/aromatic N) is 3. The number of fused-ring (bicyclic) bond motifs is 1. The quantitative estimate of drug-likeness (QED) is 0.280. The van der Waals surface area contributed by atoms with Crippen LogP contribution in [0.2, 0.25) is 0 Å². The number of methoxy groups -OCH3 is 1. The Kier molecular flexibility index (Phi) is 9.15. The first-order chi connectivity index (χ1) is 20.2. The van der Waals surface area contributed by atoms with Crippen molar-refractivity contribution in [2.75, 3.05) is 46.2 Å². The number of hydrogen-bond donors (Lipinski definition) is 3. The molecule has 4 rings (SSSR count). The summed E-state index contributed by atoms with van der Waals surface area (Å²) in [5, 5.41) is 7.97. The highest BCUT2D eigenvalue weighted by Crippen LogP contribution is 2.29. The van der Waals surface area contributed by atoms with Crippen LogP contribution in [0.5, 0.6) is 5.75 Å². The van der Waals surface area contributed by atoms with E-state index in [1.807, 2.05) is 4.90 Å². The van der Waals surface area contributed by atoms with Crippen molar-refractivity contribution in [2.24, 2.45) is 0 Å². The SMILES string of the molecule is CNC(=O)c1cc(NCC#Cc2cc(C(=O)N[C@@H]3CCN(C)C[C@]3(C)F)c3ncn(CC(F)(F)F)c3c2)c(OC)cc1F. The van der Waals surface area contributed by atoms with Crippen LogP contribution < -0.4 is 20.7 Å². The molecule has 2 amide bonds. The predicted octanol–water partition coefficient (Wildman–Crippen LogP) is 3.73. The lowest BCUT2D eigenvalue weighted by atomic mass is 9.90. The number of imidazole rings is 1. The molecule has 0 aliphatic carbocycles. The minimum atomic E-state index is -4.55. The third-order valence-corrected chi connectivity index (χ3v) is 7.09. The van der Waals surface area contributed by atoms with Gasteiger partial charge in [-0.25, -0.2) is 13.8 Å². The number of carbonyl (C=O) groups excluding carboxylic acids is 2. The molecule has 1 aliphatic heterocycles. The van der Waals surface area contributed by atoms with Crippen molar-refractivity contribution in [3.05, 3.63) is 53.1 Å². The van der Waals surface area contributed by atoms with Gasteiger partial charge in [0.2, 0.25) is 0 Å². The fourth-order valence-corrected chi connectivity index (χ4v) is 5.01. The smallest absolute Gasteiger partial charge is 0.406 e. The maximum absolute atomic E-state index is 15.3. The highest BCUT2D eigenvalue weighted by atomic mass is 19.4. The summed E-state index contributed by atoms with van der Waals surface area (Å²) in [5.41, 5.74) is -1.43. The lowest BCUT2D eigenvalue weighted by molar-refractivity contribution is -0.140. The molecule has 230 valence electrons. The first kappa shape index (κ1) is 31.6. The van der Waals surface area contributed by atoms with Crippen LogP contribution in [0.25, 0.3) is 11.0 Å². The van der Waals surface area contributed by atoms with Crippen LogP contribution in [-0.2, 0) is 6.54 Å². The molecule has 0 radical (unpaired) electrons. The minimum absolute atomic E-state index is 0.0247. The van der Waals surface area contributed by atoms with Gasteiger partial charge < -0.3 is 30.2 Å². The second kappa shape index (κ2) is 12.5. The summed E-state index contributed by atoms with van der Waals surface area (Å²) in [7, 11) is 4.46. The molecule has 1 aromatic heterocycles. The van der Waals surface area contributed by atoms with Crippen molar-refractivity contribution in [2.45, 2.75) is 37.8 Å². The maximum atomic E-state index is 15.3. The standard InChI is InChI=1S/C29H31F5N6O3/c1-28(31)14-39(3)9-7-24(28)38-27(42)19-10-17(11-22-25(19)37-16-40(22)15-29(32,33)34)6-5-8-36-21-12-18(26(41)35-2)20(30)13-23(21)43-4/h10-13,16,24,36H,7-9,14-15H2,1-4H3,(H,35,41)(H,38,42)/t24-,28+/m1/s1. The number of aromatic nitrogens is 2. The van der Waals surface area contributed by atoms with Crippen molar-refractivity contribution in [1.29, 1.82) is 0 Å². The van der Waals surface area contributed by atoms with Gasteiger partial charge in [0.05, 0.1) is 48.4 Å². The molecule has 9 nitrogen and oxygen atoms in total. The predicted molar refractivity (Wildman–Crippen MR) is 150 cm³/mol. The van der Waals surface area contributed by atoms with E-state index in [1.165, 1.54) is 39.3 Å². The first-order valence-corrected chi connectivity index (χ1v) is 13.3. The van der Waals surface area contributed by atoms with E-state index < -0.39 is 42.1 Å². The number of nitrogens with one attached hydrogen (secondary N) is 3. The van der Waals surface area contributed by atoms with E-state index in [2.05, 4.69) is 32.8 Å². The average Bonchev–Trinajstić information content (AvgIpc) is 3.32. The van der Waals surface area contributed by atoms with Crippen molar-refractivity contribution < 1.29 is 36.3 Å². The van der Waals surface area contributed by atoms with Gasteiger partial charge in [-0.1, -0.05) is 11.8 Å². The molecule has 2 atom stereocenters. The average molecular weight is 607 g/mol. The van der Waals surface area contributed by atoms with Gasteiger partial charge in [-0.15, -0.1) is 0 Å². The molecule has 14 heteroatoms. The van der Waals surface area contributed by atoms with E-state index in [0.717, 1.165) is 17.0 Å². The zero-order valence-corrected chi connectivity index (χ0v) is 24.0. The molecule has 0 bridgehead atoms. The Hall–Kier alpha value is -4.38. The molecule has 3 aromatic rings. The van der Waals surface area contributed by atoms with Gasteiger partial charge in [-0.3, -0.25) is 9.59 Å². The molecule has 1 saturated heterocycles. The summed E-state index contributed by atoms with van der Waals surface area (Å²) >= 11 is 0. The van der Waals surface area contributed by atoms with Gasteiger partial charge in [0.1, 0.15) is 29.3 Å². The topological polar surface area (TPSA) is 101 Å². The van der Waals surface area contributed by atoms with Crippen LogP contribution in [0.3, 0.4) is 0 Å². The monoisotopic (exact) mass is 606 g/mol. The summed E-state index contributed by atoms with van der Waals surface area (Å²) < 4.78 is 75.4. The van der Waals surface area contributed by atoms with Crippen LogP contribution in [0.4, 0.5) is 27.6 Å². The molecule has 2 aromatic carbocycles. The number of amides is 2. The van der Waals surface area contributed by atoms with E-state index in [-0.39, 0.29) is 52.3 Å². The molecule has 0 spiro atoms. The van der Waals surface area contributed by atoms with Crippen LogP contribution in [-0.4, -0.2) is 85.0 Å². The van der Waals surface area contributed by atoms with Crippen molar-refractivity contribution in [1.82, 2.24) is 25.1 Å². The summed E-state index contributed by atoms with van der Waals surface area (Å²) in [6.45, 7) is 0.687. The highest BCUT2D eigenvalue weighted by molar-refractivity contribution is 6.05. The number of rotatable bonds is 7. The van der Waals surface area contributed by atoms with Gasteiger partial charge in [0.25, 0.3) is 11.8 Å². The molecule has 2 heterocycles. The molecule has 1 fully saturated rings. The Bertz CT molecular complexity index is 1590. The number of ether oxygens (including phenoxy) is 1. The van der Waals surface area contributed by atoms with Gasteiger partial charge >= 0.3 is 6.18 Å². The van der Waals surface area contributed by atoms with Gasteiger partial charge in [-0.05, 0) is 38.6 Å². The van der Waals surface area contributed by atoms with Gasteiger partial charge in [-0.2, -0.15) is 13.2 Å². The number of alkyl halides is 4. The molecule has 1 aliphatic rings. The van der Waals surface area contributed by atoms with Crippen LogP contribution in [0.1, 0.15) is 39.6 Å². The first-order valence-electron chi connectivity index (χ1n) is 13.3. The van der Waals surface area contributed by atoms with Crippen LogP contribution >= 0.6 is 0 Å². The highest BCUT2D eigenvalue weighted by Gasteiger charge is 2.40. The molecular formula is C29H31F5N6O3. The van der Waals surface area contributed by atoms with E-state index >= 15 is 4.39 Å². The second-order valence-electron chi connectivity index (χ2n) is 10.5. The molecular weight excluding hydrogens is 575 g/mol. The zero-order valence-electron chi connectivity index (χ0n) is 24.0. The second-order valence-corrected chi connectivity index (χ2v) is 10.5.